The number of sulfonamides is 1. The summed E-state index contributed by atoms with van der Waals surface area (Å²) in [6, 6.07) is 13.7. The summed E-state index contributed by atoms with van der Waals surface area (Å²) in [7, 11) is -4.24. The molecule has 3 aromatic rings. The second kappa shape index (κ2) is 12.9. The summed E-state index contributed by atoms with van der Waals surface area (Å²) >= 11 is 5.94. The molecule has 3 aromatic carbocycles. The van der Waals surface area contributed by atoms with E-state index in [1.165, 1.54) is 36.4 Å². The minimum absolute atomic E-state index is 0.00631. The van der Waals surface area contributed by atoms with E-state index >= 15 is 0 Å². The van der Waals surface area contributed by atoms with Crippen LogP contribution in [0.1, 0.15) is 55.1 Å². The molecule has 0 aliphatic rings. The van der Waals surface area contributed by atoms with Crippen molar-refractivity contribution >= 4 is 33.4 Å². The first kappa shape index (κ1) is 31.2. The van der Waals surface area contributed by atoms with Crippen LogP contribution in [0.4, 0.5) is 8.78 Å². The van der Waals surface area contributed by atoms with Gasteiger partial charge < -0.3 is 11.1 Å². The molecule has 0 saturated heterocycles. The molecule has 0 saturated carbocycles. The molecule has 0 bridgehead atoms. The van der Waals surface area contributed by atoms with Crippen molar-refractivity contribution in [2.24, 2.45) is 5.73 Å². The van der Waals surface area contributed by atoms with Gasteiger partial charge in [0.2, 0.25) is 15.9 Å². The summed E-state index contributed by atoms with van der Waals surface area (Å²) in [4.78, 5) is 25.0. The second-order valence-electron chi connectivity index (χ2n) is 10.5. The predicted molar refractivity (Wildman–Crippen MR) is 150 cm³/mol. The lowest BCUT2D eigenvalue weighted by Crippen LogP contribution is -2.47. The van der Waals surface area contributed by atoms with Gasteiger partial charge in [0.05, 0.1) is 4.90 Å². The molecule has 0 spiro atoms. The number of benzene rings is 3. The third-order valence-electron chi connectivity index (χ3n) is 6.00. The number of hydrogen-bond acceptors (Lipinski definition) is 4. The number of nitrogens with one attached hydrogen (secondary N) is 1. The van der Waals surface area contributed by atoms with Gasteiger partial charge in [0.25, 0.3) is 5.91 Å². The Morgan fingerprint density at radius 3 is 2.05 bits per heavy atom. The zero-order valence-electron chi connectivity index (χ0n) is 22.5. The Morgan fingerprint density at radius 1 is 0.950 bits per heavy atom. The fourth-order valence-electron chi connectivity index (χ4n) is 4.14. The van der Waals surface area contributed by atoms with Crippen LogP contribution in [0.2, 0.25) is 5.02 Å². The molecule has 11 heteroatoms. The van der Waals surface area contributed by atoms with Crippen LogP contribution in [-0.2, 0) is 27.8 Å². The molecule has 7 nitrogen and oxygen atoms in total. The number of rotatable bonds is 11. The largest absolute Gasteiger partial charge is 0.368 e. The lowest BCUT2D eigenvalue weighted by Gasteiger charge is -2.29. The molecule has 0 fully saturated rings. The van der Waals surface area contributed by atoms with Gasteiger partial charge in [-0.1, -0.05) is 23.7 Å². The Labute approximate surface area is 238 Å². The molecule has 3 N–H and O–H groups in total. The Balaban J connectivity index is 1.91. The first-order valence-electron chi connectivity index (χ1n) is 12.6. The minimum atomic E-state index is -4.24. The molecule has 40 heavy (non-hydrogen) atoms. The quantitative estimate of drug-likeness (QED) is 0.319. The highest BCUT2D eigenvalue weighted by Crippen LogP contribution is 2.25. The number of carbonyl (C=O) groups is 2. The Bertz CT molecular complexity index is 1440. The third-order valence-corrected chi connectivity index (χ3v) is 8.13. The normalized spacial score (nSPS) is 12.8. The number of primary amides is 1. The van der Waals surface area contributed by atoms with Crippen LogP contribution >= 0.6 is 11.6 Å². The summed E-state index contributed by atoms with van der Waals surface area (Å²) in [5.74, 6) is -2.61. The molecule has 0 aliphatic heterocycles. The molecule has 2 amide bonds. The first-order valence-corrected chi connectivity index (χ1v) is 14.4. The molecular weight excluding hydrogens is 560 g/mol. The number of halogens is 3. The van der Waals surface area contributed by atoms with Gasteiger partial charge in [-0.15, -0.1) is 0 Å². The first-order chi connectivity index (χ1) is 18.7. The molecule has 0 aromatic heterocycles. The van der Waals surface area contributed by atoms with Gasteiger partial charge in [-0.05, 0) is 99.7 Å². The maximum Gasteiger partial charge on any atom is 0.251 e. The molecule has 0 aliphatic carbocycles. The average molecular weight is 592 g/mol. The lowest BCUT2D eigenvalue weighted by atomic mass is 10.0. The standard InChI is InChI=1S/C29H32ClF2N3O4S/c1-29(2,3)34-28(37)21-9-7-19(8-10-21)18-35(40(38,39)25-13-11-22(30)12-14-25)26(27(33)36)6-4-5-20-15-23(31)17-24(32)16-20/h7-17,26H,4-6,18H2,1-3H3,(H2,33,36)(H,34,37). The van der Waals surface area contributed by atoms with Gasteiger partial charge in [0, 0.05) is 28.7 Å². The van der Waals surface area contributed by atoms with E-state index in [9.17, 15) is 26.8 Å². The highest BCUT2D eigenvalue weighted by Gasteiger charge is 2.35. The fraction of sp³-hybridized carbons (Fsp3) is 0.310. The topological polar surface area (TPSA) is 110 Å². The number of carbonyl (C=O) groups excluding carboxylic acids is 2. The van der Waals surface area contributed by atoms with Gasteiger partial charge in [0.1, 0.15) is 17.7 Å². The van der Waals surface area contributed by atoms with Crippen molar-refractivity contribution in [2.45, 2.75) is 63.1 Å². The van der Waals surface area contributed by atoms with E-state index in [1.54, 1.807) is 24.3 Å². The molecule has 1 unspecified atom stereocenters. The van der Waals surface area contributed by atoms with E-state index in [0.29, 0.717) is 21.7 Å². The van der Waals surface area contributed by atoms with Gasteiger partial charge >= 0.3 is 0 Å². The van der Waals surface area contributed by atoms with E-state index in [2.05, 4.69) is 5.32 Å². The van der Waals surface area contributed by atoms with Crippen molar-refractivity contribution in [3.8, 4) is 0 Å². The van der Waals surface area contributed by atoms with Gasteiger partial charge in [-0.3, -0.25) is 9.59 Å². The van der Waals surface area contributed by atoms with Crippen molar-refractivity contribution in [1.82, 2.24) is 9.62 Å². The Morgan fingerprint density at radius 2 is 1.52 bits per heavy atom. The summed E-state index contributed by atoms with van der Waals surface area (Å²) in [6.07, 6.45) is 0.437. The predicted octanol–water partition coefficient (Wildman–Crippen LogP) is 5.21. The van der Waals surface area contributed by atoms with Crippen LogP contribution in [0.3, 0.4) is 0 Å². The molecule has 214 valence electrons. The summed E-state index contributed by atoms with van der Waals surface area (Å²) in [5, 5.41) is 3.20. The number of hydrogen-bond donors (Lipinski definition) is 2. The Kier molecular flexibility index (Phi) is 10.0. The molecule has 0 heterocycles. The minimum Gasteiger partial charge on any atom is -0.368 e. The van der Waals surface area contributed by atoms with Crippen LogP contribution in [0.25, 0.3) is 0 Å². The van der Waals surface area contributed by atoms with Crippen molar-refractivity contribution in [3.05, 3.63) is 100 Å². The van der Waals surface area contributed by atoms with E-state index in [-0.39, 0.29) is 36.6 Å². The van der Waals surface area contributed by atoms with Crippen LogP contribution < -0.4 is 11.1 Å². The van der Waals surface area contributed by atoms with Crippen LogP contribution in [0, 0.1) is 11.6 Å². The lowest BCUT2D eigenvalue weighted by molar-refractivity contribution is -0.122. The molecule has 0 radical (unpaired) electrons. The van der Waals surface area contributed by atoms with Gasteiger partial charge in [-0.25, -0.2) is 17.2 Å². The zero-order chi connectivity index (χ0) is 29.7. The smallest absolute Gasteiger partial charge is 0.251 e. The van der Waals surface area contributed by atoms with E-state index < -0.39 is 39.1 Å². The van der Waals surface area contributed by atoms with Crippen LogP contribution in [-0.4, -0.2) is 36.1 Å². The van der Waals surface area contributed by atoms with Crippen molar-refractivity contribution in [3.63, 3.8) is 0 Å². The second-order valence-corrected chi connectivity index (χ2v) is 12.8. The van der Waals surface area contributed by atoms with Crippen molar-refractivity contribution < 1.29 is 26.8 Å². The van der Waals surface area contributed by atoms with Crippen molar-refractivity contribution in [1.29, 1.82) is 0 Å². The van der Waals surface area contributed by atoms with Crippen molar-refractivity contribution in [2.75, 3.05) is 0 Å². The summed E-state index contributed by atoms with van der Waals surface area (Å²) in [6.45, 7) is 5.35. The summed E-state index contributed by atoms with van der Waals surface area (Å²) in [5.41, 5.74) is 6.54. The Hall–Kier alpha value is -3.34. The monoisotopic (exact) mass is 591 g/mol. The number of nitrogens with two attached hydrogens (primary N) is 1. The molecular formula is C29H32ClF2N3O4S. The number of aryl methyl sites for hydroxylation is 1. The third kappa shape index (κ3) is 8.58. The zero-order valence-corrected chi connectivity index (χ0v) is 24.0. The van der Waals surface area contributed by atoms with E-state index in [0.717, 1.165) is 10.4 Å². The molecule has 1 atom stereocenters. The van der Waals surface area contributed by atoms with E-state index in [4.69, 9.17) is 17.3 Å². The SMILES string of the molecule is CC(C)(C)NC(=O)c1ccc(CN(C(CCCc2cc(F)cc(F)c2)C(N)=O)S(=O)(=O)c2ccc(Cl)cc2)cc1. The maximum absolute atomic E-state index is 13.8. The highest BCUT2D eigenvalue weighted by atomic mass is 35.5. The van der Waals surface area contributed by atoms with E-state index in [1.807, 2.05) is 20.8 Å². The summed E-state index contributed by atoms with van der Waals surface area (Å²) < 4.78 is 55.7. The number of amides is 2. The molecule has 3 rings (SSSR count). The maximum atomic E-state index is 13.8. The highest BCUT2D eigenvalue weighted by molar-refractivity contribution is 7.89. The fourth-order valence-corrected chi connectivity index (χ4v) is 5.88. The number of nitrogens with zero attached hydrogens (tertiary/aromatic N) is 1. The average Bonchev–Trinajstić information content (AvgIpc) is 2.84. The van der Waals surface area contributed by atoms with Gasteiger partial charge in [-0.2, -0.15) is 4.31 Å². The van der Waals surface area contributed by atoms with Crippen LogP contribution in [0.15, 0.2) is 71.6 Å². The van der Waals surface area contributed by atoms with Gasteiger partial charge in [0.15, 0.2) is 0 Å². The van der Waals surface area contributed by atoms with Crippen LogP contribution in [0.5, 0.6) is 0 Å².